The second-order valence-electron chi connectivity index (χ2n) is 5.92. The Morgan fingerprint density at radius 3 is 2.22 bits per heavy atom. The van der Waals surface area contributed by atoms with Gasteiger partial charge in [0.05, 0.1) is 6.10 Å². The third-order valence-corrected chi connectivity index (χ3v) is 3.83. The molecule has 0 bridgehead atoms. The van der Waals surface area contributed by atoms with E-state index in [1.807, 2.05) is 0 Å². The van der Waals surface area contributed by atoms with E-state index < -0.39 is 0 Å². The van der Waals surface area contributed by atoms with Crippen molar-refractivity contribution in [2.75, 3.05) is 23.8 Å². The van der Waals surface area contributed by atoms with Crippen molar-refractivity contribution in [1.29, 1.82) is 0 Å². The summed E-state index contributed by atoms with van der Waals surface area (Å²) >= 11 is 0. The molecule has 2 aliphatic rings. The zero-order valence-corrected chi connectivity index (χ0v) is 12.9. The maximum absolute atomic E-state index is 11.8. The lowest BCUT2D eigenvalue weighted by Gasteiger charge is -2.12. The summed E-state index contributed by atoms with van der Waals surface area (Å²) in [5.74, 6) is 0. The first-order chi connectivity index (χ1) is 11.2. The van der Waals surface area contributed by atoms with E-state index >= 15 is 0 Å². The van der Waals surface area contributed by atoms with Crippen LogP contribution in [0.25, 0.3) is 0 Å². The van der Waals surface area contributed by atoms with E-state index in [0.29, 0.717) is 24.0 Å². The van der Waals surface area contributed by atoms with Crippen LogP contribution in [0, 0.1) is 0 Å². The fraction of sp³-hybridized carbons (Fsp3) is 0.500. The highest BCUT2D eigenvalue weighted by atomic mass is 16.5. The maximum atomic E-state index is 11.8. The summed E-state index contributed by atoms with van der Waals surface area (Å²) in [6.45, 7) is 1.30. The molecule has 1 aliphatic heterocycles. The van der Waals surface area contributed by atoms with Crippen LogP contribution in [0.15, 0.2) is 24.3 Å². The van der Waals surface area contributed by atoms with Crippen molar-refractivity contribution >= 4 is 23.4 Å². The molecule has 3 rings (SSSR count). The summed E-state index contributed by atoms with van der Waals surface area (Å²) in [6.07, 6.45) is 4.27. The summed E-state index contributed by atoms with van der Waals surface area (Å²) in [5, 5.41) is 11.2. The third kappa shape index (κ3) is 5.14. The molecule has 0 aromatic heterocycles. The number of urea groups is 2. The Labute approximate surface area is 135 Å². The second-order valence-corrected chi connectivity index (χ2v) is 5.92. The number of benzene rings is 1. The molecule has 1 atom stereocenters. The number of anilines is 2. The van der Waals surface area contributed by atoms with Gasteiger partial charge in [0.15, 0.2) is 0 Å². The Morgan fingerprint density at radius 1 is 1.00 bits per heavy atom. The smallest absolute Gasteiger partial charge is 0.319 e. The number of hydrogen-bond donors (Lipinski definition) is 4. The normalized spacial score (nSPS) is 19.9. The topological polar surface area (TPSA) is 91.5 Å². The minimum Gasteiger partial charge on any atom is -0.376 e. The minimum absolute atomic E-state index is 0.123. The van der Waals surface area contributed by atoms with Crippen LogP contribution in [0.3, 0.4) is 0 Å². The number of rotatable bonds is 5. The monoisotopic (exact) mass is 318 g/mol. The minimum atomic E-state index is -0.257. The van der Waals surface area contributed by atoms with Crippen LogP contribution >= 0.6 is 0 Å². The van der Waals surface area contributed by atoms with Gasteiger partial charge in [0.1, 0.15) is 0 Å². The Balaban J connectivity index is 1.40. The van der Waals surface area contributed by atoms with Gasteiger partial charge in [-0.25, -0.2) is 9.59 Å². The van der Waals surface area contributed by atoms with E-state index in [9.17, 15) is 9.59 Å². The molecule has 1 aromatic carbocycles. The molecule has 7 heteroatoms. The number of carbonyl (C=O) groups is 2. The van der Waals surface area contributed by atoms with Crippen molar-refractivity contribution in [3.63, 3.8) is 0 Å². The van der Waals surface area contributed by atoms with Gasteiger partial charge in [0.25, 0.3) is 0 Å². The Hall–Kier alpha value is -2.28. The van der Waals surface area contributed by atoms with Crippen LogP contribution in [0.2, 0.25) is 0 Å². The van der Waals surface area contributed by atoms with Crippen molar-refractivity contribution in [3.8, 4) is 0 Å². The molecule has 1 saturated heterocycles. The van der Waals surface area contributed by atoms with Gasteiger partial charge >= 0.3 is 12.1 Å². The number of carbonyl (C=O) groups excluding carboxylic acids is 2. The first kappa shape index (κ1) is 15.6. The van der Waals surface area contributed by atoms with Gasteiger partial charge in [-0.2, -0.15) is 0 Å². The van der Waals surface area contributed by atoms with Gasteiger partial charge in [0, 0.05) is 30.6 Å². The SMILES string of the molecule is O=C(NCC1CCCO1)Nc1ccc(NC(=O)NC2CC2)cc1. The highest BCUT2D eigenvalue weighted by molar-refractivity contribution is 5.91. The molecule has 4 amide bonds. The Bertz CT molecular complexity index is 551. The lowest BCUT2D eigenvalue weighted by atomic mass is 10.2. The fourth-order valence-corrected chi connectivity index (χ4v) is 2.40. The van der Waals surface area contributed by atoms with E-state index in [0.717, 1.165) is 32.3 Å². The molecule has 2 fully saturated rings. The van der Waals surface area contributed by atoms with Crippen LogP contribution in [0.1, 0.15) is 25.7 Å². The molecule has 124 valence electrons. The molecule has 0 spiro atoms. The van der Waals surface area contributed by atoms with Gasteiger partial charge in [-0.05, 0) is 49.9 Å². The predicted octanol–water partition coefficient (Wildman–Crippen LogP) is 2.27. The fourth-order valence-electron chi connectivity index (χ4n) is 2.40. The number of hydrogen-bond acceptors (Lipinski definition) is 3. The van der Waals surface area contributed by atoms with Crippen molar-refractivity contribution in [3.05, 3.63) is 24.3 Å². The zero-order chi connectivity index (χ0) is 16.1. The first-order valence-corrected chi connectivity index (χ1v) is 8.03. The Morgan fingerprint density at radius 2 is 1.65 bits per heavy atom. The molecule has 1 unspecified atom stereocenters. The van der Waals surface area contributed by atoms with Gasteiger partial charge in [0.2, 0.25) is 0 Å². The molecule has 1 saturated carbocycles. The molecule has 1 aliphatic carbocycles. The molecule has 1 heterocycles. The second kappa shape index (κ2) is 7.32. The van der Waals surface area contributed by atoms with Crippen molar-refractivity contribution < 1.29 is 14.3 Å². The lowest BCUT2D eigenvalue weighted by Crippen LogP contribution is -2.35. The van der Waals surface area contributed by atoms with Crippen molar-refractivity contribution in [2.45, 2.75) is 37.8 Å². The maximum Gasteiger partial charge on any atom is 0.319 e. The van der Waals surface area contributed by atoms with E-state index in [1.54, 1.807) is 24.3 Å². The van der Waals surface area contributed by atoms with Crippen LogP contribution in [-0.4, -0.2) is 37.4 Å². The molecule has 1 aromatic rings. The van der Waals surface area contributed by atoms with Crippen LogP contribution in [-0.2, 0) is 4.74 Å². The van der Waals surface area contributed by atoms with E-state index in [-0.39, 0.29) is 18.2 Å². The van der Waals surface area contributed by atoms with Gasteiger partial charge in [-0.1, -0.05) is 0 Å². The number of ether oxygens (including phenoxy) is 1. The summed E-state index contributed by atoms with van der Waals surface area (Å²) < 4.78 is 5.45. The van der Waals surface area contributed by atoms with Crippen LogP contribution < -0.4 is 21.3 Å². The van der Waals surface area contributed by atoms with Crippen molar-refractivity contribution in [1.82, 2.24) is 10.6 Å². The summed E-state index contributed by atoms with van der Waals surface area (Å²) in [5.41, 5.74) is 1.36. The largest absolute Gasteiger partial charge is 0.376 e. The summed E-state index contributed by atoms with van der Waals surface area (Å²) in [4.78, 5) is 23.4. The average molecular weight is 318 g/mol. The molecular weight excluding hydrogens is 296 g/mol. The third-order valence-electron chi connectivity index (χ3n) is 3.83. The van der Waals surface area contributed by atoms with Gasteiger partial charge < -0.3 is 26.0 Å². The van der Waals surface area contributed by atoms with Crippen LogP contribution in [0.5, 0.6) is 0 Å². The van der Waals surface area contributed by atoms with E-state index in [1.165, 1.54) is 0 Å². The van der Waals surface area contributed by atoms with Crippen LogP contribution in [0.4, 0.5) is 21.0 Å². The summed E-state index contributed by atoms with van der Waals surface area (Å²) in [7, 11) is 0. The molecular formula is C16H22N4O3. The standard InChI is InChI=1S/C16H22N4O3/c21-15(17-10-14-2-1-9-23-14)18-11-3-5-12(6-4-11)19-16(22)20-13-7-8-13/h3-6,13-14H,1-2,7-10H2,(H2,17,18,21)(H2,19,20,22). The predicted molar refractivity (Wildman–Crippen MR) is 87.6 cm³/mol. The lowest BCUT2D eigenvalue weighted by molar-refractivity contribution is 0.112. The first-order valence-electron chi connectivity index (χ1n) is 8.03. The van der Waals surface area contributed by atoms with Gasteiger partial charge in [-0.15, -0.1) is 0 Å². The number of nitrogens with one attached hydrogen (secondary N) is 4. The highest BCUT2D eigenvalue weighted by Gasteiger charge is 2.23. The molecule has 4 N–H and O–H groups in total. The molecule has 0 radical (unpaired) electrons. The van der Waals surface area contributed by atoms with E-state index in [2.05, 4.69) is 21.3 Å². The van der Waals surface area contributed by atoms with Gasteiger partial charge in [-0.3, -0.25) is 0 Å². The van der Waals surface area contributed by atoms with Crippen molar-refractivity contribution in [2.24, 2.45) is 0 Å². The number of amides is 4. The molecule has 23 heavy (non-hydrogen) atoms. The van der Waals surface area contributed by atoms with E-state index in [4.69, 9.17) is 4.74 Å². The quantitative estimate of drug-likeness (QED) is 0.671. The highest BCUT2D eigenvalue weighted by Crippen LogP contribution is 2.19. The Kier molecular flexibility index (Phi) is 4.97. The summed E-state index contributed by atoms with van der Waals surface area (Å²) in [6, 6.07) is 6.87. The zero-order valence-electron chi connectivity index (χ0n) is 12.9. The molecule has 7 nitrogen and oxygen atoms in total. The average Bonchev–Trinajstić information content (AvgIpc) is 3.18.